The first kappa shape index (κ1) is 18.4. The number of amides is 1. The Balaban J connectivity index is 1.76. The smallest absolute Gasteiger partial charge is 0.264 e. The van der Waals surface area contributed by atoms with Crippen molar-refractivity contribution in [2.24, 2.45) is 0 Å². The fourth-order valence-corrected chi connectivity index (χ4v) is 3.72. The molecule has 0 aliphatic carbocycles. The number of aromatic nitrogens is 1. The molecule has 0 atom stereocenters. The molecule has 1 aromatic heterocycles. The van der Waals surface area contributed by atoms with Crippen molar-refractivity contribution in [3.05, 3.63) is 47.0 Å². The lowest BCUT2D eigenvalue weighted by atomic mass is 10.1. The maximum Gasteiger partial charge on any atom is 0.264 e. The molecule has 3 aromatic rings. The van der Waals surface area contributed by atoms with Crippen LogP contribution in [0.2, 0.25) is 5.02 Å². The normalized spacial score (nSPS) is 10.4. The zero-order valence-electron chi connectivity index (χ0n) is 13.8. The van der Waals surface area contributed by atoms with Crippen LogP contribution in [0.4, 0.5) is 5.13 Å². The zero-order chi connectivity index (χ0) is 18.7. The van der Waals surface area contributed by atoms with E-state index in [0.29, 0.717) is 21.7 Å². The molecule has 2 aromatic carbocycles. The first-order chi connectivity index (χ1) is 12.5. The summed E-state index contributed by atoms with van der Waals surface area (Å²) in [4.78, 5) is 17.0. The Hall–Kier alpha value is -2.42. The van der Waals surface area contributed by atoms with Gasteiger partial charge in [-0.1, -0.05) is 29.0 Å². The van der Waals surface area contributed by atoms with Gasteiger partial charge < -0.3 is 14.8 Å². The molecule has 26 heavy (non-hydrogen) atoms. The van der Waals surface area contributed by atoms with Gasteiger partial charge in [0.15, 0.2) is 10.2 Å². The molecule has 0 saturated heterocycles. The highest BCUT2D eigenvalue weighted by Crippen LogP contribution is 2.29. The van der Waals surface area contributed by atoms with Crippen LogP contribution in [0.5, 0.6) is 11.5 Å². The second kappa shape index (κ2) is 7.86. The molecule has 3 rings (SSSR count). The number of nitrogens with one attached hydrogen (secondary N) is 2. The van der Waals surface area contributed by atoms with Crippen molar-refractivity contribution >= 4 is 61.5 Å². The number of ether oxygens (including phenoxy) is 2. The molecule has 1 amide bonds. The Kier molecular flexibility index (Phi) is 5.55. The number of thiocarbonyl (C=S) groups is 1. The highest BCUT2D eigenvalue weighted by atomic mass is 35.5. The number of carbonyl (C=O) groups excluding carboxylic acids is 1. The van der Waals surface area contributed by atoms with Crippen LogP contribution < -0.4 is 20.1 Å². The largest absolute Gasteiger partial charge is 0.496 e. The molecule has 1 heterocycles. The summed E-state index contributed by atoms with van der Waals surface area (Å²) in [6.45, 7) is 0. The van der Waals surface area contributed by atoms with E-state index in [1.54, 1.807) is 24.3 Å². The molecule has 0 saturated carbocycles. The van der Waals surface area contributed by atoms with Crippen molar-refractivity contribution in [1.82, 2.24) is 10.3 Å². The van der Waals surface area contributed by atoms with E-state index < -0.39 is 5.91 Å². The summed E-state index contributed by atoms with van der Waals surface area (Å²) in [6, 6.07) is 10.5. The van der Waals surface area contributed by atoms with Gasteiger partial charge in [0.25, 0.3) is 5.91 Å². The number of hydrogen-bond acceptors (Lipinski definition) is 6. The molecular formula is C17H14ClN3O3S2. The Morgan fingerprint density at radius 2 is 1.88 bits per heavy atom. The molecule has 0 radical (unpaired) electrons. The number of hydrogen-bond donors (Lipinski definition) is 2. The molecule has 0 aliphatic heterocycles. The summed E-state index contributed by atoms with van der Waals surface area (Å²) < 4.78 is 11.4. The predicted molar refractivity (Wildman–Crippen MR) is 108 cm³/mol. The van der Waals surface area contributed by atoms with Gasteiger partial charge in [-0.15, -0.1) is 0 Å². The van der Waals surface area contributed by atoms with E-state index in [2.05, 4.69) is 15.6 Å². The van der Waals surface area contributed by atoms with Crippen LogP contribution in [0.25, 0.3) is 10.2 Å². The Bertz CT molecular complexity index is 968. The van der Waals surface area contributed by atoms with Crippen LogP contribution in [-0.2, 0) is 0 Å². The molecule has 0 aliphatic rings. The van der Waals surface area contributed by atoms with E-state index in [0.717, 1.165) is 10.2 Å². The highest BCUT2D eigenvalue weighted by molar-refractivity contribution is 7.80. The average molecular weight is 408 g/mol. The van der Waals surface area contributed by atoms with Gasteiger partial charge in [0.05, 0.1) is 24.4 Å². The monoisotopic (exact) mass is 407 g/mol. The minimum atomic E-state index is -0.444. The van der Waals surface area contributed by atoms with Crippen molar-refractivity contribution in [3.63, 3.8) is 0 Å². The Morgan fingerprint density at radius 1 is 1.19 bits per heavy atom. The quantitative estimate of drug-likeness (QED) is 0.634. The molecule has 9 heteroatoms. The second-order valence-corrected chi connectivity index (χ2v) is 6.95. The van der Waals surface area contributed by atoms with E-state index in [9.17, 15) is 4.79 Å². The van der Waals surface area contributed by atoms with Crippen LogP contribution in [0.1, 0.15) is 10.4 Å². The first-order valence-corrected chi connectivity index (χ1v) is 9.01. The molecule has 0 bridgehead atoms. The standard InChI is InChI=1S/C17H14ClN3O3S2/c1-23-11-4-3-5-12(24-2)14(11)15(22)20-16(25)21-17-19-10-7-6-9(18)8-13(10)26-17/h3-8H,1-2H3,(H2,19,20,21,22,25). The molecule has 2 N–H and O–H groups in total. The SMILES string of the molecule is COc1cccc(OC)c1C(=O)NC(=S)Nc1nc2ccc(Cl)cc2s1. The molecule has 0 spiro atoms. The van der Waals surface area contributed by atoms with Gasteiger partial charge in [-0.2, -0.15) is 0 Å². The fraction of sp³-hybridized carbons (Fsp3) is 0.118. The van der Waals surface area contributed by atoms with Crippen LogP contribution in [-0.4, -0.2) is 30.2 Å². The van der Waals surface area contributed by atoms with Crippen LogP contribution in [0.3, 0.4) is 0 Å². The number of thiazole rings is 1. The number of rotatable bonds is 4. The van der Waals surface area contributed by atoms with Crippen molar-refractivity contribution < 1.29 is 14.3 Å². The van der Waals surface area contributed by atoms with E-state index in [4.69, 9.17) is 33.3 Å². The average Bonchev–Trinajstić information content (AvgIpc) is 3.01. The molecule has 134 valence electrons. The van der Waals surface area contributed by atoms with Crippen LogP contribution in [0, 0.1) is 0 Å². The fourth-order valence-electron chi connectivity index (χ4n) is 2.32. The molecule has 0 unspecified atom stereocenters. The molecule has 0 fully saturated rings. The summed E-state index contributed by atoms with van der Waals surface area (Å²) in [7, 11) is 2.96. The maximum atomic E-state index is 12.6. The zero-order valence-corrected chi connectivity index (χ0v) is 16.2. The van der Waals surface area contributed by atoms with Crippen LogP contribution in [0.15, 0.2) is 36.4 Å². The Labute approximate surface area is 164 Å². The first-order valence-electron chi connectivity index (χ1n) is 7.41. The second-order valence-electron chi connectivity index (χ2n) is 5.08. The topological polar surface area (TPSA) is 72.5 Å². The van der Waals surface area contributed by atoms with Crippen molar-refractivity contribution in [1.29, 1.82) is 0 Å². The lowest BCUT2D eigenvalue weighted by molar-refractivity contribution is 0.0971. The van der Waals surface area contributed by atoms with Gasteiger partial charge in [-0.25, -0.2) is 4.98 Å². The minimum absolute atomic E-state index is 0.119. The van der Waals surface area contributed by atoms with E-state index in [1.165, 1.54) is 25.6 Å². The minimum Gasteiger partial charge on any atom is -0.496 e. The van der Waals surface area contributed by atoms with Crippen molar-refractivity contribution in [2.45, 2.75) is 0 Å². The third kappa shape index (κ3) is 3.87. The number of anilines is 1. The van der Waals surface area contributed by atoms with E-state index >= 15 is 0 Å². The van der Waals surface area contributed by atoms with Gasteiger partial charge in [0, 0.05) is 5.02 Å². The summed E-state index contributed by atoms with van der Waals surface area (Å²) in [5.41, 5.74) is 1.06. The van der Waals surface area contributed by atoms with Gasteiger partial charge in [0.1, 0.15) is 17.1 Å². The Morgan fingerprint density at radius 3 is 2.54 bits per heavy atom. The number of carbonyl (C=O) groups is 1. The lowest BCUT2D eigenvalue weighted by Crippen LogP contribution is -2.34. The summed E-state index contributed by atoms with van der Waals surface area (Å²) in [6.07, 6.45) is 0. The molecule has 6 nitrogen and oxygen atoms in total. The lowest BCUT2D eigenvalue weighted by Gasteiger charge is -2.13. The van der Waals surface area contributed by atoms with Gasteiger partial charge in [-0.05, 0) is 42.5 Å². The number of fused-ring (bicyclic) bond motifs is 1. The number of halogens is 1. The number of methoxy groups -OCH3 is 2. The van der Waals surface area contributed by atoms with Crippen LogP contribution >= 0.6 is 35.2 Å². The third-order valence-corrected chi connectivity index (χ3v) is 4.83. The highest BCUT2D eigenvalue weighted by Gasteiger charge is 2.19. The van der Waals surface area contributed by atoms with E-state index in [1.807, 2.05) is 12.1 Å². The predicted octanol–water partition coefficient (Wildman–Crippen LogP) is 4.09. The van der Waals surface area contributed by atoms with Gasteiger partial charge >= 0.3 is 0 Å². The van der Waals surface area contributed by atoms with Gasteiger partial charge in [-0.3, -0.25) is 10.1 Å². The van der Waals surface area contributed by atoms with Gasteiger partial charge in [0.2, 0.25) is 0 Å². The number of nitrogens with zero attached hydrogens (tertiary/aromatic N) is 1. The maximum absolute atomic E-state index is 12.6. The summed E-state index contributed by atoms with van der Waals surface area (Å²) in [5, 5.41) is 6.83. The van der Waals surface area contributed by atoms with Crippen molar-refractivity contribution in [2.75, 3.05) is 19.5 Å². The molecular weight excluding hydrogens is 394 g/mol. The summed E-state index contributed by atoms with van der Waals surface area (Å²) in [5.74, 6) is 0.333. The van der Waals surface area contributed by atoms with Crippen molar-refractivity contribution in [3.8, 4) is 11.5 Å². The number of benzene rings is 2. The van der Waals surface area contributed by atoms with E-state index in [-0.39, 0.29) is 10.7 Å². The summed E-state index contributed by atoms with van der Waals surface area (Å²) >= 11 is 12.6. The third-order valence-electron chi connectivity index (χ3n) is 3.45.